The first-order valence-electron chi connectivity index (χ1n) is 7.00. The first-order chi connectivity index (χ1) is 10.8. The smallest absolute Gasteiger partial charge is 0.236 e. The highest BCUT2D eigenvalue weighted by molar-refractivity contribution is 5.48. The lowest BCUT2D eigenvalue weighted by Gasteiger charge is -2.26. The Morgan fingerprint density at radius 2 is 2.05 bits per heavy atom. The number of nitrogens with zero attached hydrogens (tertiary/aromatic N) is 3. The number of nitrogens with one attached hydrogen (secondary N) is 1. The summed E-state index contributed by atoms with van der Waals surface area (Å²) in [6, 6.07) is 7.74. The predicted molar refractivity (Wildman–Crippen MR) is 77.0 cm³/mol. The van der Waals surface area contributed by atoms with Crippen molar-refractivity contribution >= 4 is 5.88 Å². The van der Waals surface area contributed by atoms with Gasteiger partial charge in [0.25, 0.3) is 0 Å². The monoisotopic (exact) mass is 302 g/mol. The van der Waals surface area contributed by atoms with Gasteiger partial charge in [-0.1, -0.05) is 0 Å². The molecular formula is C15H15FN4O2. The molecule has 2 heterocycles. The summed E-state index contributed by atoms with van der Waals surface area (Å²) in [6.07, 6.45) is 0. The van der Waals surface area contributed by atoms with Crippen molar-refractivity contribution in [2.45, 2.75) is 6.61 Å². The number of oxazole rings is 1. The summed E-state index contributed by atoms with van der Waals surface area (Å²) in [4.78, 5) is 6.14. The van der Waals surface area contributed by atoms with E-state index < -0.39 is 0 Å². The minimum atomic E-state index is -0.323. The Balaban J connectivity index is 1.70. The van der Waals surface area contributed by atoms with Gasteiger partial charge in [-0.3, -0.25) is 0 Å². The van der Waals surface area contributed by atoms with Crippen molar-refractivity contribution in [3.63, 3.8) is 0 Å². The van der Waals surface area contributed by atoms with Gasteiger partial charge in [0.1, 0.15) is 17.6 Å². The van der Waals surface area contributed by atoms with Crippen molar-refractivity contribution in [1.29, 1.82) is 5.26 Å². The standard InChI is InChI=1S/C15H15FN4O2/c16-11-1-3-12(4-2-11)21-10-14-19-13(9-17)15(22-14)20-7-5-18-6-8-20/h1-4,18H,5-8,10H2. The van der Waals surface area contributed by atoms with Crippen LogP contribution < -0.4 is 15.0 Å². The van der Waals surface area contributed by atoms with Gasteiger partial charge in [0.2, 0.25) is 17.5 Å². The van der Waals surface area contributed by atoms with E-state index in [-0.39, 0.29) is 18.1 Å². The molecule has 0 radical (unpaired) electrons. The molecule has 1 fully saturated rings. The van der Waals surface area contributed by atoms with Crippen LogP contribution in [0.2, 0.25) is 0 Å². The summed E-state index contributed by atoms with van der Waals surface area (Å²) in [7, 11) is 0. The molecule has 22 heavy (non-hydrogen) atoms. The molecule has 1 saturated heterocycles. The Bertz CT molecular complexity index is 672. The third-order valence-corrected chi connectivity index (χ3v) is 3.34. The first kappa shape index (κ1) is 14.4. The minimum absolute atomic E-state index is 0.0897. The number of aromatic nitrogens is 1. The minimum Gasteiger partial charge on any atom is -0.484 e. The number of rotatable bonds is 4. The zero-order chi connectivity index (χ0) is 15.4. The number of ether oxygens (including phenoxy) is 1. The molecule has 0 unspecified atom stereocenters. The van der Waals surface area contributed by atoms with E-state index in [1.807, 2.05) is 11.0 Å². The van der Waals surface area contributed by atoms with Crippen molar-refractivity contribution in [3.8, 4) is 11.8 Å². The SMILES string of the molecule is N#Cc1nc(COc2ccc(F)cc2)oc1N1CCNCC1. The van der Waals surface area contributed by atoms with Crippen LogP contribution in [0, 0.1) is 17.1 Å². The van der Waals surface area contributed by atoms with E-state index in [0.29, 0.717) is 17.5 Å². The van der Waals surface area contributed by atoms with E-state index in [1.165, 1.54) is 24.3 Å². The van der Waals surface area contributed by atoms with Gasteiger partial charge in [-0.15, -0.1) is 0 Å². The summed E-state index contributed by atoms with van der Waals surface area (Å²) >= 11 is 0. The van der Waals surface area contributed by atoms with E-state index in [9.17, 15) is 9.65 Å². The van der Waals surface area contributed by atoms with Crippen LogP contribution in [0.25, 0.3) is 0 Å². The lowest BCUT2D eigenvalue weighted by Crippen LogP contribution is -2.43. The van der Waals surface area contributed by atoms with Crippen LogP contribution in [0.4, 0.5) is 10.3 Å². The Morgan fingerprint density at radius 1 is 1.32 bits per heavy atom. The molecule has 0 aliphatic carbocycles. The van der Waals surface area contributed by atoms with E-state index in [0.717, 1.165) is 26.2 Å². The third-order valence-electron chi connectivity index (χ3n) is 3.34. The van der Waals surface area contributed by atoms with E-state index >= 15 is 0 Å². The van der Waals surface area contributed by atoms with Gasteiger partial charge in [-0.25, -0.2) is 4.39 Å². The molecule has 1 aromatic carbocycles. The fourth-order valence-electron chi connectivity index (χ4n) is 2.25. The van der Waals surface area contributed by atoms with E-state index in [2.05, 4.69) is 10.3 Å². The molecule has 1 N–H and O–H groups in total. The fraction of sp³-hybridized carbons (Fsp3) is 0.333. The molecule has 6 nitrogen and oxygen atoms in total. The van der Waals surface area contributed by atoms with Crippen molar-refractivity contribution in [2.75, 3.05) is 31.1 Å². The molecule has 0 amide bonds. The number of hydrogen-bond acceptors (Lipinski definition) is 6. The maximum atomic E-state index is 12.8. The average Bonchev–Trinajstić information content (AvgIpc) is 2.98. The Hall–Kier alpha value is -2.59. The maximum Gasteiger partial charge on any atom is 0.236 e. The van der Waals surface area contributed by atoms with Crippen molar-refractivity contribution in [1.82, 2.24) is 10.3 Å². The van der Waals surface area contributed by atoms with Crippen LogP contribution in [0.1, 0.15) is 11.6 Å². The van der Waals surface area contributed by atoms with Crippen molar-refractivity contribution < 1.29 is 13.5 Å². The highest BCUT2D eigenvalue weighted by Gasteiger charge is 2.21. The predicted octanol–water partition coefficient (Wildman–Crippen LogP) is 1.67. The summed E-state index contributed by atoms with van der Waals surface area (Å²) < 4.78 is 24.0. The van der Waals surface area contributed by atoms with Gasteiger partial charge >= 0.3 is 0 Å². The molecule has 114 valence electrons. The zero-order valence-electron chi connectivity index (χ0n) is 11.9. The number of benzene rings is 1. The number of nitriles is 1. The summed E-state index contributed by atoms with van der Waals surface area (Å²) in [5.41, 5.74) is 0.264. The quantitative estimate of drug-likeness (QED) is 0.926. The Labute approximate surface area is 127 Å². The molecule has 7 heteroatoms. The summed E-state index contributed by atoms with van der Waals surface area (Å²) in [5.74, 6) is 1.01. The van der Waals surface area contributed by atoms with Crippen LogP contribution in [-0.4, -0.2) is 31.2 Å². The van der Waals surface area contributed by atoms with Gasteiger partial charge in [-0.05, 0) is 24.3 Å². The number of hydrogen-bond donors (Lipinski definition) is 1. The molecule has 0 saturated carbocycles. The van der Waals surface area contributed by atoms with Gasteiger partial charge in [0.15, 0.2) is 6.61 Å². The van der Waals surface area contributed by atoms with Gasteiger partial charge < -0.3 is 19.4 Å². The number of anilines is 1. The normalized spacial score (nSPS) is 14.6. The van der Waals surface area contributed by atoms with Crippen molar-refractivity contribution in [2.24, 2.45) is 0 Å². The molecule has 0 bridgehead atoms. The molecular weight excluding hydrogens is 287 g/mol. The second-order valence-electron chi connectivity index (χ2n) is 4.85. The lowest BCUT2D eigenvalue weighted by molar-refractivity contribution is 0.263. The molecule has 2 aromatic rings. The van der Waals surface area contributed by atoms with Crippen LogP contribution in [0.15, 0.2) is 28.7 Å². The second kappa shape index (κ2) is 6.45. The topological polar surface area (TPSA) is 74.3 Å². The van der Waals surface area contributed by atoms with E-state index in [4.69, 9.17) is 9.15 Å². The third kappa shape index (κ3) is 3.18. The first-order valence-corrected chi connectivity index (χ1v) is 7.00. The molecule has 1 aliphatic heterocycles. The summed E-state index contributed by atoms with van der Waals surface area (Å²) in [5, 5.41) is 12.4. The van der Waals surface area contributed by atoms with Crippen molar-refractivity contribution in [3.05, 3.63) is 41.7 Å². The second-order valence-corrected chi connectivity index (χ2v) is 4.85. The van der Waals surface area contributed by atoms with Crippen LogP contribution in [0.3, 0.4) is 0 Å². The Morgan fingerprint density at radius 3 is 2.73 bits per heavy atom. The number of piperazine rings is 1. The Kier molecular flexibility index (Phi) is 4.21. The van der Waals surface area contributed by atoms with Gasteiger partial charge in [0.05, 0.1) is 0 Å². The molecule has 3 rings (SSSR count). The van der Waals surface area contributed by atoms with Crippen LogP contribution in [0.5, 0.6) is 5.75 Å². The van der Waals surface area contributed by atoms with E-state index in [1.54, 1.807) is 0 Å². The van der Waals surface area contributed by atoms with Crippen LogP contribution >= 0.6 is 0 Å². The van der Waals surface area contributed by atoms with Crippen LogP contribution in [-0.2, 0) is 6.61 Å². The lowest BCUT2D eigenvalue weighted by atomic mass is 10.3. The largest absolute Gasteiger partial charge is 0.484 e. The number of halogens is 1. The molecule has 1 aromatic heterocycles. The average molecular weight is 302 g/mol. The maximum absolute atomic E-state index is 12.8. The molecule has 0 spiro atoms. The molecule has 1 aliphatic rings. The highest BCUT2D eigenvalue weighted by atomic mass is 19.1. The summed E-state index contributed by atoms with van der Waals surface area (Å²) in [6.45, 7) is 3.30. The fourth-order valence-corrected chi connectivity index (χ4v) is 2.25. The molecule has 0 atom stereocenters. The van der Waals surface area contributed by atoms with Gasteiger partial charge in [-0.2, -0.15) is 10.2 Å². The zero-order valence-corrected chi connectivity index (χ0v) is 11.9. The highest BCUT2D eigenvalue weighted by Crippen LogP contribution is 2.23. The van der Waals surface area contributed by atoms with Gasteiger partial charge in [0, 0.05) is 26.2 Å².